The second kappa shape index (κ2) is 6.93. The molecule has 1 aromatic carbocycles. The van der Waals surface area contributed by atoms with Gasteiger partial charge in [0.1, 0.15) is 11.5 Å². The summed E-state index contributed by atoms with van der Waals surface area (Å²) in [5.74, 6) is 1.94. The van der Waals surface area contributed by atoms with Crippen LogP contribution in [0.15, 0.2) is 40.8 Å². The van der Waals surface area contributed by atoms with Gasteiger partial charge in [0.05, 0.1) is 12.6 Å². The van der Waals surface area contributed by atoms with Gasteiger partial charge in [-0.25, -0.2) is 0 Å². The Morgan fingerprint density at radius 1 is 1.15 bits per heavy atom. The highest BCUT2D eigenvalue weighted by Crippen LogP contribution is 2.16. The van der Waals surface area contributed by atoms with Gasteiger partial charge in [0.15, 0.2) is 0 Å². The maximum atomic E-state index is 8.80. The Labute approximate surface area is 120 Å². The van der Waals surface area contributed by atoms with E-state index in [1.807, 2.05) is 25.1 Å². The normalized spacial score (nSPS) is 10.7. The molecule has 0 aliphatic heterocycles. The zero-order valence-electron chi connectivity index (χ0n) is 12.1. The lowest BCUT2D eigenvalue weighted by molar-refractivity contribution is 0.239. The largest absolute Gasteiger partial charge is 0.465 e. The summed E-state index contributed by atoms with van der Waals surface area (Å²) in [7, 11) is 0. The Bertz CT molecular complexity index is 561. The lowest BCUT2D eigenvalue weighted by Crippen LogP contribution is -2.23. The molecule has 1 aromatic heterocycles. The summed E-state index contributed by atoms with van der Waals surface area (Å²) < 4.78 is 5.74. The molecular formula is C17H20N2O. The molecule has 0 aliphatic carbocycles. The summed E-state index contributed by atoms with van der Waals surface area (Å²) in [5, 5.41) is 8.80. The predicted molar refractivity (Wildman–Crippen MR) is 79.0 cm³/mol. The molecule has 20 heavy (non-hydrogen) atoms. The van der Waals surface area contributed by atoms with Crippen molar-refractivity contribution in [1.29, 1.82) is 5.26 Å². The van der Waals surface area contributed by atoms with Crippen LogP contribution in [0.3, 0.4) is 0 Å². The van der Waals surface area contributed by atoms with Crippen molar-refractivity contribution in [3.8, 4) is 6.07 Å². The first-order valence-electron chi connectivity index (χ1n) is 6.88. The van der Waals surface area contributed by atoms with E-state index in [0.717, 1.165) is 31.2 Å². The minimum absolute atomic E-state index is 0.533. The Morgan fingerprint density at radius 3 is 2.50 bits per heavy atom. The number of nitriles is 1. The van der Waals surface area contributed by atoms with E-state index in [1.54, 1.807) is 0 Å². The molecule has 0 atom stereocenters. The van der Waals surface area contributed by atoms with Crippen LogP contribution in [0.1, 0.15) is 29.1 Å². The van der Waals surface area contributed by atoms with E-state index in [0.29, 0.717) is 6.42 Å². The fraction of sp³-hybridized carbons (Fsp3) is 0.353. The Kier molecular flexibility index (Phi) is 4.97. The highest BCUT2D eigenvalue weighted by atomic mass is 16.3. The highest BCUT2D eigenvalue weighted by molar-refractivity contribution is 5.19. The fourth-order valence-corrected chi connectivity index (χ4v) is 2.21. The molecule has 0 spiro atoms. The molecule has 2 rings (SSSR count). The van der Waals surface area contributed by atoms with Crippen LogP contribution in [0.25, 0.3) is 0 Å². The third kappa shape index (κ3) is 3.97. The Hall–Kier alpha value is -2.05. The number of rotatable bonds is 6. The lowest BCUT2D eigenvalue weighted by Gasteiger charge is -2.20. The van der Waals surface area contributed by atoms with Gasteiger partial charge >= 0.3 is 0 Å². The molecule has 0 radical (unpaired) electrons. The van der Waals surface area contributed by atoms with Gasteiger partial charge in [-0.15, -0.1) is 0 Å². The molecular weight excluding hydrogens is 248 g/mol. The van der Waals surface area contributed by atoms with Crippen LogP contribution < -0.4 is 0 Å². The second-order valence-electron chi connectivity index (χ2n) is 5.06. The van der Waals surface area contributed by atoms with E-state index in [4.69, 9.17) is 9.68 Å². The van der Waals surface area contributed by atoms with Gasteiger partial charge in [0.25, 0.3) is 0 Å². The summed E-state index contributed by atoms with van der Waals surface area (Å²) in [6.07, 6.45) is 0.533. The molecule has 104 valence electrons. The first-order valence-corrected chi connectivity index (χ1v) is 6.88. The van der Waals surface area contributed by atoms with Gasteiger partial charge in [-0.2, -0.15) is 5.26 Å². The number of furan rings is 1. The quantitative estimate of drug-likeness (QED) is 0.799. The molecule has 0 N–H and O–H groups in total. The van der Waals surface area contributed by atoms with Crippen LogP contribution >= 0.6 is 0 Å². The SMILES string of the molecule is Cc1cc(CN(CCC#N)Cc2ccccc2)oc1C. The molecule has 0 saturated heterocycles. The molecule has 0 unspecified atom stereocenters. The predicted octanol–water partition coefficient (Wildman–Crippen LogP) is 3.81. The Morgan fingerprint density at radius 2 is 1.90 bits per heavy atom. The van der Waals surface area contributed by atoms with E-state index in [2.05, 4.69) is 36.1 Å². The highest BCUT2D eigenvalue weighted by Gasteiger charge is 2.10. The maximum Gasteiger partial charge on any atom is 0.118 e. The van der Waals surface area contributed by atoms with E-state index in [1.165, 1.54) is 11.1 Å². The monoisotopic (exact) mass is 268 g/mol. The van der Waals surface area contributed by atoms with Gasteiger partial charge in [-0.1, -0.05) is 30.3 Å². The zero-order chi connectivity index (χ0) is 14.4. The van der Waals surface area contributed by atoms with Gasteiger partial charge in [-0.3, -0.25) is 4.90 Å². The number of benzene rings is 1. The van der Waals surface area contributed by atoms with Crippen molar-refractivity contribution in [1.82, 2.24) is 4.90 Å². The average molecular weight is 268 g/mol. The smallest absolute Gasteiger partial charge is 0.118 e. The molecule has 0 saturated carbocycles. The number of hydrogen-bond donors (Lipinski definition) is 0. The number of hydrogen-bond acceptors (Lipinski definition) is 3. The minimum atomic E-state index is 0.533. The molecule has 0 aliphatic rings. The second-order valence-corrected chi connectivity index (χ2v) is 5.06. The molecule has 0 fully saturated rings. The van der Waals surface area contributed by atoms with Crippen molar-refractivity contribution in [2.75, 3.05) is 6.54 Å². The van der Waals surface area contributed by atoms with Crippen molar-refractivity contribution >= 4 is 0 Å². The van der Waals surface area contributed by atoms with Crippen molar-refractivity contribution < 1.29 is 4.42 Å². The zero-order valence-corrected chi connectivity index (χ0v) is 12.1. The molecule has 0 bridgehead atoms. The summed E-state index contributed by atoms with van der Waals surface area (Å²) in [5.41, 5.74) is 2.44. The van der Waals surface area contributed by atoms with Crippen molar-refractivity contribution in [3.63, 3.8) is 0 Å². The van der Waals surface area contributed by atoms with Crippen LogP contribution in [0.5, 0.6) is 0 Å². The topological polar surface area (TPSA) is 40.2 Å². The van der Waals surface area contributed by atoms with Gasteiger partial charge in [0.2, 0.25) is 0 Å². The van der Waals surface area contributed by atoms with Crippen LogP contribution in [0.4, 0.5) is 0 Å². The molecule has 2 aromatic rings. The molecule has 1 heterocycles. The maximum absolute atomic E-state index is 8.80. The fourth-order valence-electron chi connectivity index (χ4n) is 2.21. The first-order chi connectivity index (χ1) is 9.69. The van der Waals surface area contributed by atoms with Gasteiger partial charge in [-0.05, 0) is 31.0 Å². The van der Waals surface area contributed by atoms with E-state index < -0.39 is 0 Å². The van der Waals surface area contributed by atoms with Crippen molar-refractivity contribution in [2.45, 2.75) is 33.4 Å². The van der Waals surface area contributed by atoms with E-state index in [-0.39, 0.29) is 0 Å². The van der Waals surface area contributed by atoms with E-state index >= 15 is 0 Å². The lowest BCUT2D eigenvalue weighted by atomic mass is 10.2. The molecule has 3 heteroatoms. The van der Waals surface area contributed by atoms with Crippen LogP contribution in [-0.4, -0.2) is 11.4 Å². The average Bonchev–Trinajstić information content (AvgIpc) is 2.76. The van der Waals surface area contributed by atoms with E-state index in [9.17, 15) is 0 Å². The van der Waals surface area contributed by atoms with Gasteiger partial charge in [0, 0.05) is 19.5 Å². The first kappa shape index (κ1) is 14.4. The molecule has 0 amide bonds. The third-order valence-electron chi connectivity index (χ3n) is 3.39. The standard InChI is InChI=1S/C17H20N2O/c1-14-11-17(20-15(14)2)13-19(10-6-9-18)12-16-7-4-3-5-8-16/h3-5,7-8,11H,6,10,12-13H2,1-2H3. The number of aryl methyl sites for hydroxylation is 2. The summed E-state index contributed by atoms with van der Waals surface area (Å²) >= 11 is 0. The third-order valence-corrected chi connectivity index (χ3v) is 3.39. The summed E-state index contributed by atoms with van der Waals surface area (Å²) in [6, 6.07) is 14.6. The summed E-state index contributed by atoms with van der Waals surface area (Å²) in [6.45, 7) is 6.37. The van der Waals surface area contributed by atoms with Gasteiger partial charge < -0.3 is 4.42 Å². The number of nitrogens with zero attached hydrogens (tertiary/aromatic N) is 2. The summed E-state index contributed by atoms with van der Waals surface area (Å²) in [4.78, 5) is 2.25. The van der Waals surface area contributed by atoms with Crippen LogP contribution in [0.2, 0.25) is 0 Å². The Balaban J connectivity index is 2.05. The van der Waals surface area contributed by atoms with Crippen LogP contribution in [0, 0.1) is 25.2 Å². The minimum Gasteiger partial charge on any atom is -0.465 e. The van der Waals surface area contributed by atoms with Crippen molar-refractivity contribution in [2.24, 2.45) is 0 Å². The van der Waals surface area contributed by atoms with Crippen LogP contribution in [-0.2, 0) is 13.1 Å². The molecule has 3 nitrogen and oxygen atoms in total. The van der Waals surface area contributed by atoms with Crippen molar-refractivity contribution in [3.05, 3.63) is 59.0 Å².